The number of rotatable bonds is 4. The fourth-order valence-corrected chi connectivity index (χ4v) is 4.96. The van der Waals surface area contributed by atoms with Crippen molar-refractivity contribution in [1.82, 2.24) is 9.80 Å². The van der Waals surface area contributed by atoms with E-state index in [9.17, 15) is 14.7 Å². The van der Waals surface area contributed by atoms with Gasteiger partial charge in [-0.2, -0.15) is 11.3 Å². The molecule has 1 aromatic carbocycles. The summed E-state index contributed by atoms with van der Waals surface area (Å²) in [4.78, 5) is 29.5. The van der Waals surface area contributed by atoms with Crippen LogP contribution in [0.5, 0.6) is 5.75 Å². The Balaban J connectivity index is 1.43. The summed E-state index contributed by atoms with van der Waals surface area (Å²) in [7, 11) is 0. The van der Waals surface area contributed by atoms with Gasteiger partial charge in [-0.05, 0) is 60.2 Å². The van der Waals surface area contributed by atoms with Gasteiger partial charge in [0.2, 0.25) is 5.91 Å². The highest BCUT2D eigenvalue weighted by atomic mass is 32.1. The van der Waals surface area contributed by atoms with Crippen molar-refractivity contribution in [1.29, 1.82) is 0 Å². The lowest BCUT2D eigenvalue weighted by molar-refractivity contribution is -0.134. The van der Waals surface area contributed by atoms with Crippen LogP contribution in [-0.4, -0.2) is 51.9 Å². The molecule has 2 amide bonds. The summed E-state index contributed by atoms with van der Waals surface area (Å²) in [6.07, 6.45) is 3.12. The number of thiophene rings is 1. The van der Waals surface area contributed by atoms with E-state index in [4.69, 9.17) is 0 Å². The van der Waals surface area contributed by atoms with Crippen LogP contribution in [0.1, 0.15) is 40.7 Å². The minimum Gasteiger partial charge on any atom is -0.507 e. The molecule has 1 aromatic heterocycles. The second kappa shape index (κ2) is 7.35. The van der Waals surface area contributed by atoms with Crippen LogP contribution in [0.4, 0.5) is 0 Å². The van der Waals surface area contributed by atoms with Gasteiger partial charge in [0.15, 0.2) is 0 Å². The third kappa shape index (κ3) is 3.46. The second-order valence-corrected chi connectivity index (χ2v) is 8.28. The number of piperazine rings is 1. The van der Waals surface area contributed by atoms with Crippen molar-refractivity contribution in [2.24, 2.45) is 0 Å². The molecule has 6 heteroatoms. The van der Waals surface area contributed by atoms with E-state index in [0.717, 1.165) is 19.3 Å². The smallest absolute Gasteiger partial charge is 0.258 e. The van der Waals surface area contributed by atoms with Gasteiger partial charge in [0.25, 0.3) is 5.91 Å². The Labute approximate surface area is 163 Å². The standard InChI is InChI=1S/C21H24N2O3S/c1-14-3-2-4-18(20(14)25)21(26)23-16-6-7-17(23)12-22(11-16)19(24)8-5-15-9-10-27-13-15/h2-4,9-10,13,16-17,25H,5-8,11-12H2,1H3/t16-,17+. The summed E-state index contributed by atoms with van der Waals surface area (Å²) in [5, 5.41) is 14.4. The Bertz CT molecular complexity index is 835. The minimum absolute atomic E-state index is 0.0428. The Hall–Kier alpha value is -2.34. The van der Waals surface area contributed by atoms with Crippen LogP contribution in [0, 0.1) is 6.92 Å². The molecule has 142 valence electrons. The predicted octanol–water partition coefficient (Wildman–Crippen LogP) is 3.21. The summed E-state index contributed by atoms with van der Waals surface area (Å²) in [6, 6.07) is 7.43. The molecule has 2 atom stereocenters. The van der Waals surface area contributed by atoms with Crippen molar-refractivity contribution in [2.75, 3.05) is 13.1 Å². The first-order valence-corrected chi connectivity index (χ1v) is 10.4. The molecule has 0 saturated carbocycles. The average Bonchev–Trinajstić information content (AvgIpc) is 3.27. The number of hydrogen-bond donors (Lipinski definition) is 1. The highest BCUT2D eigenvalue weighted by Gasteiger charge is 2.44. The number of benzene rings is 1. The van der Waals surface area contributed by atoms with Gasteiger partial charge in [-0.1, -0.05) is 12.1 Å². The monoisotopic (exact) mass is 384 g/mol. The maximum Gasteiger partial charge on any atom is 0.258 e. The van der Waals surface area contributed by atoms with E-state index in [1.165, 1.54) is 5.56 Å². The molecule has 0 spiro atoms. The quantitative estimate of drug-likeness (QED) is 0.881. The number of phenolic OH excluding ortho intramolecular Hbond substituents is 1. The third-order valence-electron chi connectivity index (χ3n) is 5.75. The van der Waals surface area contributed by atoms with Gasteiger partial charge in [-0.15, -0.1) is 0 Å². The lowest BCUT2D eigenvalue weighted by Gasteiger charge is -2.41. The molecule has 0 aliphatic carbocycles. The second-order valence-electron chi connectivity index (χ2n) is 7.50. The van der Waals surface area contributed by atoms with Crippen molar-refractivity contribution in [2.45, 2.75) is 44.7 Å². The number of phenols is 1. The van der Waals surface area contributed by atoms with E-state index in [1.807, 2.05) is 15.2 Å². The molecule has 2 saturated heterocycles. The summed E-state index contributed by atoms with van der Waals surface area (Å²) >= 11 is 1.65. The fraction of sp³-hybridized carbons (Fsp3) is 0.429. The highest BCUT2D eigenvalue weighted by Crippen LogP contribution is 2.34. The lowest BCUT2D eigenvalue weighted by atomic mass is 10.1. The number of para-hydroxylation sites is 1. The van der Waals surface area contributed by atoms with E-state index >= 15 is 0 Å². The highest BCUT2D eigenvalue weighted by molar-refractivity contribution is 7.07. The normalized spacial score (nSPS) is 21.5. The van der Waals surface area contributed by atoms with Gasteiger partial charge >= 0.3 is 0 Å². The maximum absolute atomic E-state index is 13.1. The number of aromatic hydroxyl groups is 1. The molecular weight excluding hydrogens is 360 g/mol. The number of nitrogens with zero attached hydrogens (tertiary/aromatic N) is 2. The molecule has 27 heavy (non-hydrogen) atoms. The van der Waals surface area contributed by atoms with Crippen LogP contribution >= 0.6 is 11.3 Å². The van der Waals surface area contributed by atoms with Crippen LogP contribution in [0.15, 0.2) is 35.0 Å². The van der Waals surface area contributed by atoms with Crippen LogP contribution < -0.4 is 0 Å². The van der Waals surface area contributed by atoms with E-state index in [-0.39, 0.29) is 29.6 Å². The first-order valence-electron chi connectivity index (χ1n) is 9.44. The molecular formula is C21H24N2O3S. The van der Waals surface area contributed by atoms with Crippen LogP contribution in [-0.2, 0) is 11.2 Å². The number of hydrogen-bond acceptors (Lipinski definition) is 4. The number of aryl methyl sites for hydroxylation is 2. The third-order valence-corrected chi connectivity index (χ3v) is 6.48. The molecule has 2 bridgehead atoms. The summed E-state index contributed by atoms with van der Waals surface area (Å²) in [5.74, 6) is 0.119. The zero-order valence-electron chi connectivity index (χ0n) is 15.4. The molecule has 2 aromatic rings. The first kappa shape index (κ1) is 18.0. The van der Waals surface area contributed by atoms with E-state index in [0.29, 0.717) is 30.6 Å². The topological polar surface area (TPSA) is 60.9 Å². The van der Waals surface area contributed by atoms with E-state index in [2.05, 4.69) is 11.4 Å². The SMILES string of the molecule is Cc1cccc(C(=O)N2[C@@H]3CC[C@H]2CN(C(=O)CCc2ccsc2)C3)c1O. The molecule has 1 N–H and O–H groups in total. The van der Waals surface area contributed by atoms with Crippen molar-refractivity contribution >= 4 is 23.2 Å². The fourth-order valence-electron chi connectivity index (χ4n) is 4.25. The molecule has 5 nitrogen and oxygen atoms in total. The van der Waals surface area contributed by atoms with E-state index in [1.54, 1.807) is 36.5 Å². The number of carbonyl (C=O) groups excluding carboxylic acids is 2. The first-order chi connectivity index (χ1) is 13.0. The van der Waals surface area contributed by atoms with Crippen LogP contribution in [0.3, 0.4) is 0 Å². The lowest BCUT2D eigenvalue weighted by Crippen LogP contribution is -2.57. The predicted molar refractivity (Wildman–Crippen MR) is 105 cm³/mol. The summed E-state index contributed by atoms with van der Waals surface area (Å²) < 4.78 is 0. The largest absolute Gasteiger partial charge is 0.507 e. The number of carbonyl (C=O) groups is 2. The van der Waals surface area contributed by atoms with Gasteiger partial charge in [0.1, 0.15) is 5.75 Å². The molecule has 0 unspecified atom stereocenters. The Morgan fingerprint density at radius 1 is 1.19 bits per heavy atom. The molecule has 2 aliphatic rings. The Morgan fingerprint density at radius 2 is 1.93 bits per heavy atom. The summed E-state index contributed by atoms with van der Waals surface area (Å²) in [5.41, 5.74) is 2.28. The molecule has 2 aliphatic heterocycles. The minimum atomic E-state index is -0.117. The van der Waals surface area contributed by atoms with Gasteiger partial charge in [-0.25, -0.2) is 0 Å². The molecule has 4 rings (SSSR count). The molecule has 3 heterocycles. The number of fused-ring (bicyclic) bond motifs is 2. The van der Waals surface area contributed by atoms with Crippen molar-refractivity contribution in [3.63, 3.8) is 0 Å². The zero-order chi connectivity index (χ0) is 19.0. The van der Waals surface area contributed by atoms with Gasteiger partial charge in [0.05, 0.1) is 17.6 Å². The van der Waals surface area contributed by atoms with E-state index < -0.39 is 0 Å². The van der Waals surface area contributed by atoms with Crippen molar-refractivity contribution in [3.8, 4) is 5.75 Å². The molecule has 0 radical (unpaired) electrons. The summed E-state index contributed by atoms with van der Waals surface area (Å²) in [6.45, 7) is 2.99. The Morgan fingerprint density at radius 3 is 2.59 bits per heavy atom. The maximum atomic E-state index is 13.1. The number of amides is 2. The zero-order valence-corrected chi connectivity index (χ0v) is 16.2. The van der Waals surface area contributed by atoms with Crippen molar-refractivity contribution in [3.05, 3.63) is 51.7 Å². The number of likely N-dealkylation sites (tertiary alicyclic amines) is 1. The van der Waals surface area contributed by atoms with Gasteiger partial charge in [0, 0.05) is 19.5 Å². The van der Waals surface area contributed by atoms with Gasteiger partial charge in [-0.3, -0.25) is 9.59 Å². The van der Waals surface area contributed by atoms with Crippen LogP contribution in [0.2, 0.25) is 0 Å². The average molecular weight is 385 g/mol. The van der Waals surface area contributed by atoms with Crippen LogP contribution in [0.25, 0.3) is 0 Å². The van der Waals surface area contributed by atoms with Crippen molar-refractivity contribution < 1.29 is 14.7 Å². The van der Waals surface area contributed by atoms with Gasteiger partial charge < -0.3 is 14.9 Å². The molecule has 2 fully saturated rings. The Kier molecular flexibility index (Phi) is 4.91.